The molecule has 1 atom stereocenters. The lowest BCUT2D eigenvalue weighted by Gasteiger charge is -2.26. The van der Waals surface area contributed by atoms with Gasteiger partial charge in [0.2, 0.25) is 0 Å². The molecule has 9 heteroatoms. The van der Waals surface area contributed by atoms with E-state index in [9.17, 15) is 27.9 Å². The number of hydrogen-bond acceptors (Lipinski definition) is 3. The Hall–Kier alpha value is -2.84. The molecular formula is C17H16F3N3O3. The van der Waals surface area contributed by atoms with Gasteiger partial charge in [0.15, 0.2) is 5.69 Å². The van der Waals surface area contributed by atoms with Gasteiger partial charge in [0, 0.05) is 17.8 Å². The number of carbonyl (C=O) groups excluding carboxylic acids is 1. The van der Waals surface area contributed by atoms with Gasteiger partial charge in [-0.05, 0) is 44.0 Å². The number of hydrogen-bond donors (Lipinski definition) is 1. The minimum Gasteiger partial charge on any atom is -0.480 e. The average molecular weight is 367 g/mol. The molecule has 2 aromatic rings. The third kappa shape index (κ3) is 3.56. The Balaban J connectivity index is 1.90. The summed E-state index contributed by atoms with van der Waals surface area (Å²) in [5, 5.41) is 12.7. The van der Waals surface area contributed by atoms with Gasteiger partial charge in [-0.3, -0.25) is 4.79 Å². The molecule has 1 unspecified atom stereocenters. The minimum atomic E-state index is -4.56. The summed E-state index contributed by atoms with van der Waals surface area (Å²) in [4.78, 5) is 25.4. The standard InChI is InChI=1S/C17H16F3N3O3/c1-10(16(25)26)23(12-5-6-12)15(24)11-3-2-4-13(9-11)22-8-7-14(21-22)17(18,19)20/h2-4,7-10,12H,5-6H2,1H3,(H,25,26). The summed E-state index contributed by atoms with van der Waals surface area (Å²) in [6.07, 6.45) is -1.93. The van der Waals surface area contributed by atoms with Crippen molar-refractivity contribution in [3.05, 3.63) is 47.8 Å². The van der Waals surface area contributed by atoms with E-state index in [4.69, 9.17) is 0 Å². The Kier molecular flexibility index (Phi) is 4.47. The summed E-state index contributed by atoms with van der Waals surface area (Å²) in [5.41, 5.74) is -0.551. The van der Waals surface area contributed by atoms with Crippen LogP contribution in [0.1, 0.15) is 35.8 Å². The van der Waals surface area contributed by atoms with Gasteiger partial charge in [-0.15, -0.1) is 0 Å². The second-order valence-electron chi connectivity index (χ2n) is 6.15. The number of rotatable bonds is 5. The molecule has 138 valence electrons. The first-order valence-corrected chi connectivity index (χ1v) is 7.97. The molecule has 0 saturated heterocycles. The number of carboxylic acid groups (broad SMARTS) is 1. The summed E-state index contributed by atoms with van der Waals surface area (Å²) in [7, 11) is 0. The molecule has 1 amide bonds. The van der Waals surface area contributed by atoms with E-state index in [1.807, 2.05) is 0 Å². The van der Waals surface area contributed by atoms with E-state index in [2.05, 4.69) is 5.10 Å². The molecule has 0 aliphatic heterocycles. The fraction of sp³-hybridized carbons (Fsp3) is 0.353. The fourth-order valence-corrected chi connectivity index (χ4v) is 2.68. The van der Waals surface area contributed by atoms with Crippen molar-refractivity contribution in [2.75, 3.05) is 0 Å². The van der Waals surface area contributed by atoms with Crippen molar-refractivity contribution in [1.29, 1.82) is 0 Å². The second-order valence-corrected chi connectivity index (χ2v) is 6.15. The summed E-state index contributed by atoms with van der Waals surface area (Å²) in [6.45, 7) is 1.44. The zero-order chi connectivity index (χ0) is 19.1. The molecule has 6 nitrogen and oxygen atoms in total. The van der Waals surface area contributed by atoms with E-state index in [0.717, 1.165) is 29.8 Å². The van der Waals surface area contributed by atoms with Crippen molar-refractivity contribution in [3.8, 4) is 5.69 Å². The van der Waals surface area contributed by atoms with Crippen LogP contribution in [0.25, 0.3) is 5.69 Å². The normalized spacial score (nSPS) is 15.5. The number of halogens is 3. The highest BCUT2D eigenvalue weighted by atomic mass is 19.4. The van der Waals surface area contributed by atoms with Crippen molar-refractivity contribution in [1.82, 2.24) is 14.7 Å². The molecule has 1 aromatic carbocycles. The van der Waals surface area contributed by atoms with Crippen LogP contribution in [0, 0.1) is 0 Å². The molecule has 1 aromatic heterocycles. The smallest absolute Gasteiger partial charge is 0.435 e. The molecule has 0 radical (unpaired) electrons. The van der Waals surface area contributed by atoms with Gasteiger partial charge in [-0.2, -0.15) is 18.3 Å². The van der Waals surface area contributed by atoms with Crippen LogP contribution in [-0.2, 0) is 11.0 Å². The van der Waals surface area contributed by atoms with E-state index < -0.39 is 29.8 Å². The van der Waals surface area contributed by atoms with E-state index >= 15 is 0 Å². The molecule has 26 heavy (non-hydrogen) atoms. The van der Waals surface area contributed by atoms with Gasteiger partial charge in [0.1, 0.15) is 6.04 Å². The van der Waals surface area contributed by atoms with Gasteiger partial charge in [0.25, 0.3) is 5.91 Å². The van der Waals surface area contributed by atoms with Crippen LogP contribution >= 0.6 is 0 Å². The SMILES string of the molecule is CC(C(=O)O)N(C(=O)c1cccc(-n2ccc(C(F)(F)F)n2)c1)C1CC1. The largest absolute Gasteiger partial charge is 0.480 e. The number of benzene rings is 1. The van der Waals surface area contributed by atoms with Crippen molar-refractivity contribution < 1.29 is 27.9 Å². The van der Waals surface area contributed by atoms with Gasteiger partial charge < -0.3 is 10.0 Å². The molecule has 1 aliphatic carbocycles. The van der Waals surface area contributed by atoms with Crippen molar-refractivity contribution in [2.45, 2.75) is 38.0 Å². The lowest BCUT2D eigenvalue weighted by atomic mass is 10.1. The van der Waals surface area contributed by atoms with Crippen LogP contribution in [0.5, 0.6) is 0 Å². The predicted octanol–water partition coefficient (Wildman–Crippen LogP) is 2.97. The molecule has 1 aliphatic rings. The Bertz CT molecular complexity index is 843. The molecular weight excluding hydrogens is 351 g/mol. The zero-order valence-corrected chi connectivity index (χ0v) is 13.8. The Labute approximate surface area is 146 Å². The molecule has 1 fully saturated rings. The van der Waals surface area contributed by atoms with Crippen LogP contribution in [0.3, 0.4) is 0 Å². The van der Waals surface area contributed by atoms with E-state index in [0.29, 0.717) is 0 Å². The maximum atomic E-state index is 12.8. The third-order valence-corrected chi connectivity index (χ3v) is 4.19. The van der Waals surface area contributed by atoms with Gasteiger partial charge in [0.05, 0.1) is 5.69 Å². The average Bonchev–Trinajstić information content (AvgIpc) is 3.27. The number of alkyl halides is 3. The van der Waals surface area contributed by atoms with Crippen LogP contribution in [0.4, 0.5) is 13.2 Å². The third-order valence-electron chi connectivity index (χ3n) is 4.19. The first-order valence-electron chi connectivity index (χ1n) is 7.97. The Morgan fingerprint density at radius 2 is 2.00 bits per heavy atom. The highest BCUT2D eigenvalue weighted by Crippen LogP contribution is 2.31. The number of nitrogens with zero attached hydrogens (tertiary/aromatic N) is 3. The molecule has 3 rings (SSSR count). The lowest BCUT2D eigenvalue weighted by molar-refractivity contribution is -0.142. The van der Waals surface area contributed by atoms with Crippen molar-refractivity contribution in [3.63, 3.8) is 0 Å². The number of carboxylic acids is 1. The quantitative estimate of drug-likeness (QED) is 0.882. The monoisotopic (exact) mass is 367 g/mol. The first-order chi connectivity index (χ1) is 12.2. The summed E-state index contributed by atoms with van der Waals surface area (Å²) in [6, 6.07) is 5.68. The fourth-order valence-electron chi connectivity index (χ4n) is 2.68. The van der Waals surface area contributed by atoms with Gasteiger partial charge >= 0.3 is 12.1 Å². The first kappa shape index (κ1) is 18.0. The number of amides is 1. The second kappa shape index (κ2) is 6.47. The number of carbonyl (C=O) groups is 2. The van der Waals surface area contributed by atoms with Crippen LogP contribution in [-0.4, -0.2) is 43.7 Å². The highest BCUT2D eigenvalue weighted by Gasteiger charge is 2.39. The Morgan fingerprint density at radius 3 is 2.54 bits per heavy atom. The molecule has 1 heterocycles. The minimum absolute atomic E-state index is 0.126. The summed E-state index contributed by atoms with van der Waals surface area (Å²) < 4.78 is 39.1. The van der Waals surface area contributed by atoms with Crippen molar-refractivity contribution in [2.24, 2.45) is 0 Å². The highest BCUT2D eigenvalue weighted by molar-refractivity contribution is 5.97. The van der Waals surface area contributed by atoms with E-state index in [1.54, 1.807) is 0 Å². The van der Waals surface area contributed by atoms with Crippen LogP contribution < -0.4 is 0 Å². The zero-order valence-electron chi connectivity index (χ0n) is 13.8. The number of aliphatic carboxylic acids is 1. The summed E-state index contributed by atoms with van der Waals surface area (Å²) in [5.74, 6) is -1.57. The van der Waals surface area contributed by atoms with Gasteiger partial charge in [-0.25, -0.2) is 9.48 Å². The number of aromatic nitrogens is 2. The van der Waals surface area contributed by atoms with E-state index in [1.165, 1.54) is 36.1 Å². The molecule has 1 N–H and O–H groups in total. The van der Waals surface area contributed by atoms with Crippen LogP contribution in [0.2, 0.25) is 0 Å². The maximum absolute atomic E-state index is 12.8. The molecule has 0 spiro atoms. The van der Waals surface area contributed by atoms with Gasteiger partial charge in [-0.1, -0.05) is 6.07 Å². The maximum Gasteiger partial charge on any atom is 0.435 e. The van der Waals surface area contributed by atoms with Crippen LogP contribution in [0.15, 0.2) is 36.5 Å². The molecule has 0 bridgehead atoms. The lowest BCUT2D eigenvalue weighted by Crippen LogP contribution is -2.44. The van der Waals surface area contributed by atoms with Crippen molar-refractivity contribution >= 4 is 11.9 Å². The van der Waals surface area contributed by atoms with E-state index in [-0.39, 0.29) is 17.3 Å². The molecule has 1 saturated carbocycles. The summed E-state index contributed by atoms with van der Waals surface area (Å²) >= 11 is 0. The topological polar surface area (TPSA) is 75.4 Å². The Morgan fingerprint density at radius 1 is 1.31 bits per heavy atom. The predicted molar refractivity (Wildman–Crippen MR) is 84.9 cm³/mol.